The van der Waals surface area contributed by atoms with Crippen molar-refractivity contribution in [1.82, 2.24) is 14.9 Å². The fourth-order valence-corrected chi connectivity index (χ4v) is 4.53. The summed E-state index contributed by atoms with van der Waals surface area (Å²) in [6.07, 6.45) is 2.24. The molecule has 0 bridgehead atoms. The molecule has 1 aromatic heterocycles. The smallest absolute Gasteiger partial charge is 0.216 e. The standard InChI is InChI=1S/C29H24ClFN4O2S/c1-2-36-27-15-19(13-14-26(27)37-18-23-24(30)11-6-12-25(23)31)17-32-35-28(33-34-29(35)38)16-21-9-5-8-20-7-3-4-10-22(20)21/h3-15,17H,2,16,18H2,1H3,(H,34,38)/b32-17+. The highest BCUT2D eigenvalue weighted by atomic mass is 35.5. The van der Waals surface area contributed by atoms with Crippen LogP contribution in [0, 0.1) is 10.6 Å². The first-order valence-corrected chi connectivity index (χ1v) is 12.8. The van der Waals surface area contributed by atoms with Gasteiger partial charge in [0.15, 0.2) is 17.3 Å². The molecular formula is C29H24ClFN4O2S. The molecule has 0 fully saturated rings. The van der Waals surface area contributed by atoms with E-state index in [-0.39, 0.29) is 12.2 Å². The minimum Gasteiger partial charge on any atom is -0.490 e. The van der Waals surface area contributed by atoms with Crippen LogP contribution in [0.4, 0.5) is 4.39 Å². The highest BCUT2D eigenvalue weighted by Gasteiger charge is 2.12. The molecule has 192 valence electrons. The Morgan fingerprint density at radius 3 is 2.68 bits per heavy atom. The predicted octanol–water partition coefficient (Wildman–Crippen LogP) is 7.34. The monoisotopic (exact) mass is 546 g/mol. The molecule has 0 saturated carbocycles. The molecule has 0 unspecified atom stereocenters. The Labute approximate surface area is 229 Å². The van der Waals surface area contributed by atoms with Gasteiger partial charge < -0.3 is 9.47 Å². The lowest BCUT2D eigenvalue weighted by Gasteiger charge is -2.13. The van der Waals surface area contributed by atoms with Gasteiger partial charge in [0.2, 0.25) is 4.77 Å². The fourth-order valence-electron chi connectivity index (χ4n) is 4.11. The maximum Gasteiger partial charge on any atom is 0.216 e. The Morgan fingerprint density at radius 1 is 1.03 bits per heavy atom. The van der Waals surface area contributed by atoms with Crippen LogP contribution in [-0.4, -0.2) is 27.7 Å². The van der Waals surface area contributed by atoms with Crippen LogP contribution >= 0.6 is 23.8 Å². The molecule has 5 aromatic rings. The summed E-state index contributed by atoms with van der Waals surface area (Å²) < 4.78 is 27.8. The lowest BCUT2D eigenvalue weighted by Crippen LogP contribution is -2.03. The van der Waals surface area contributed by atoms with Gasteiger partial charge in [-0.25, -0.2) is 4.39 Å². The van der Waals surface area contributed by atoms with Crippen LogP contribution in [0.5, 0.6) is 11.5 Å². The number of halogens is 2. The molecule has 0 aliphatic rings. The van der Waals surface area contributed by atoms with E-state index in [0.717, 1.165) is 21.9 Å². The van der Waals surface area contributed by atoms with E-state index in [0.29, 0.717) is 40.1 Å². The summed E-state index contributed by atoms with van der Waals surface area (Å²) in [6, 6.07) is 24.4. The van der Waals surface area contributed by atoms with E-state index in [1.807, 2.05) is 31.2 Å². The zero-order chi connectivity index (χ0) is 26.5. The van der Waals surface area contributed by atoms with Crippen molar-refractivity contribution in [2.45, 2.75) is 20.0 Å². The van der Waals surface area contributed by atoms with Gasteiger partial charge in [0.1, 0.15) is 12.4 Å². The van der Waals surface area contributed by atoms with Crippen molar-refractivity contribution >= 4 is 40.8 Å². The Bertz CT molecular complexity index is 1660. The molecule has 0 aliphatic heterocycles. The van der Waals surface area contributed by atoms with E-state index in [9.17, 15) is 4.39 Å². The lowest BCUT2D eigenvalue weighted by atomic mass is 10.0. The number of benzene rings is 4. The van der Waals surface area contributed by atoms with Crippen molar-refractivity contribution in [3.05, 3.63) is 117 Å². The maximum absolute atomic E-state index is 14.1. The predicted molar refractivity (Wildman–Crippen MR) is 151 cm³/mol. The van der Waals surface area contributed by atoms with Crippen LogP contribution in [-0.2, 0) is 13.0 Å². The number of aromatic amines is 1. The summed E-state index contributed by atoms with van der Waals surface area (Å²) >= 11 is 11.6. The molecule has 0 radical (unpaired) electrons. The van der Waals surface area contributed by atoms with Gasteiger partial charge in [-0.2, -0.15) is 14.9 Å². The SMILES string of the molecule is CCOc1cc(/C=N/n2c(Cc3cccc4ccccc34)n[nH]c2=S)ccc1OCc1c(F)cccc1Cl. The zero-order valence-corrected chi connectivity index (χ0v) is 22.1. The summed E-state index contributed by atoms with van der Waals surface area (Å²) in [5, 5.41) is 14.5. The van der Waals surface area contributed by atoms with Crippen LogP contribution in [0.15, 0.2) is 84.0 Å². The summed E-state index contributed by atoms with van der Waals surface area (Å²) in [5.74, 6) is 1.25. The summed E-state index contributed by atoms with van der Waals surface area (Å²) in [6.45, 7) is 2.28. The molecule has 0 spiro atoms. The van der Waals surface area contributed by atoms with E-state index in [1.165, 1.54) is 6.07 Å². The number of nitrogens with one attached hydrogen (secondary N) is 1. The van der Waals surface area contributed by atoms with Gasteiger partial charge in [-0.05, 0) is 71.4 Å². The van der Waals surface area contributed by atoms with Gasteiger partial charge in [0.05, 0.1) is 17.8 Å². The molecule has 9 heteroatoms. The average Bonchev–Trinajstić information content (AvgIpc) is 3.27. The van der Waals surface area contributed by atoms with Gasteiger partial charge in [0, 0.05) is 12.0 Å². The van der Waals surface area contributed by atoms with Crippen molar-refractivity contribution in [3.8, 4) is 11.5 Å². The second kappa shape index (κ2) is 11.6. The quantitative estimate of drug-likeness (QED) is 0.155. The first-order chi connectivity index (χ1) is 18.5. The summed E-state index contributed by atoms with van der Waals surface area (Å²) in [7, 11) is 0. The van der Waals surface area contributed by atoms with Crippen molar-refractivity contribution in [3.63, 3.8) is 0 Å². The molecule has 0 amide bonds. The molecule has 1 heterocycles. The van der Waals surface area contributed by atoms with Crippen molar-refractivity contribution in [2.24, 2.45) is 5.10 Å². The number of hydrogen-bond donors (Lipinski definition) is 1. The molecule has 6 nitrogen and oxygen atoms in total. The van der Waals surface area contributed by atoms with E-state index in [1.54, 1.807) is 35.2 Å². The lowest BCUT2D eigenvalue weighted by molar-refractivity contribution is 0.266. The Balaban J connectivity index is 1.38. The second-order valence-electron chi connectivity index (χ2n) is 8.44. The second-order valence-corrected chi connectivity index (χ2v) is 9.24. The molecule has 38 heavy (non-hydrogen) atoms. The molecule has 1 N–H and O–H groups in total. The molecule has 5 rings (SSSR count). The van der Waals surface area contributed by atoms with Gasteiger partial charge in [-0.15, -0.1) is 0 Å². The number of fused-ring (bicyclic) bond motifs is 1. The average molecular weight is 547 g/mol. The maximum atomic E-state index is 14.1. The number of hydrogen-bond acceptors (Lipinski definition) is 5. The van der Waals surface area contributed by atoms with Gasteiger partial charge in [0.25, 0.3) is 0 Å². The van der Waals surface area contributed by atoms with E-state index in [2.05, 4.69) is 39.6 Å². The number of H-pyrrole nitrogens is 1. The van der Waals surface area contributed by atoms with Crippen molar-refractivity contribution < 1.29 is 13.9 Å². The summed E-state index contributed by atoms with van der Waals surface area (Å²) in [5.41, 5.74) is 2.18. The van der Waals surface area contributed by atoms with E-state index >= 15 is 0 Å². The molecule has 0 atom stereocenters. The number of aromatic nitrogens is 3. The van der Waals surface area contributed by atoms with Crippen LogP contribution in [0.25, 0.3) is 10.8 Å². The van der Waals surface area contributed by atoms with Crippen molar-refractivity contribution in [1.29, 1.82) is 0 Å². The molecule has 4 aromatic carbocycles. The fraction of sp³-hybridized carbons (Fsp3) is 0.138. The minimum absolute atomic E-state index is 0.0271. The molecule has 0 saturated heterocycles. The third kappa shape index (κ3) is 5.61. The van der Waals surface area contributed by atoms with Crippen LogP contribution in [0.3, 0.4) is 0 Å². The Hall–Kier alpha value is -4.01. The third-order valence-electron chi connectivity index (χ3n) is 5.97. The van der Waals surface area contributed by atoms with E-state index < -0.39 is 5.82 Å². The number of ether oxygens (including phenoxy) is 2. The van der Waals surface area contributed by atoms with Gasteiger partial charge in [-0.1, -0.05) is 60.1 Å². The normalized spacial score (nSPS) is 11.3. The van der Waals surface area contributed by atoms with Crippen LogP contribution in [0.2, 0.25) is 5.02 Å². The number of nitrogens with zero attached hydrogens (tertiary/aromatic N) is 3. The van der Waals surface area contributed by atoms with Gasteiger partial charge >= 0.3 is 0 Å². The summed E-state index contributed by atoms with van der Waals surface area (Å²) in [4.78, 5) is 0. The highest BCUT2D eigenvalue weighted by Crippen LogP contribution is 2.30. The van der Waals surface area contributed by atoms with Crippen LogP contribution < -0.4 is 9.47 Å². The number of rotatable bonds is 9. The first-order valence-electron chi connectivity index (χ1n) is 12.0. The third-order valence-corrected chi connectivity index (χ3v) is 6.59. The Morgan fingerprint density at radius 2 is 1.84 bits per heavy atom. The van der Waals surface area contributed by atoms with Crippen molar-refractivity contribution in [2.75, 3.05) is 6.61 Å². The topological polar surface area (TPSA) is 64.4 Å². The molecule has 0 aliphatic carbocycles. The Kier molecular flexibility index (Phi) is 7.81. The van der Waals surface area contributed by atoms with Gasteiger partial charge in [-0.3, -0.25) is 5.10 Å². The highest BCUT2D eigenvalue weighted by molar-refractivity contribution is 7.71. The zero-order valence-electron chi connectivity index (χ0n) is 20.5. The largest absolute Gasteiger partial charge is 0.490 e. The van der Waals surface area contributed by atoms with E-state index in [4.69, 9.17) is 33.3 Å². The minimum atomic E-state index is -0.421. The van der Waals surface area contributed by atoms with Crippen LogP contribution in [0.1, 0.15) is 29.4 Å². The molecular weight excluding hydrogens is 523 g/mol. The first kappa shape index (κ1) is 25.6.